The standard InChI is InChI=1S/C22H17FN4S/c23-20-12-8-16(9-13-20)14-21-25-26-22(28)27(21)24-15-17-6-10-19(11-7-17)18-4-2-1-3-5-18/h1-13,15H,14H2,(H,26,28)/b24-15-. The summed E-state index contributed by atoms with van der Waals surface area (Å²) in [6, 6.07) is 24.7. The summed E-state index contributed by atoms with van der Waals surface area (Å²) >= 11 is 5.28. The zero-order valence-corrected chi connectivity index (χ0v) is 15.7. The van der Waals surface area contributed by atoms with Crippen molar-refractivity contribution in [1.29, 1.82) is 0 Å². The molecule has 4 rings (SSSR count). The van der Waals surface area contributed by atoms with E-state index < -0.39 is 0 Å². The molecule has 3 aromatic carbocycles. The van der Waals surface area contributed by atoms with E-state index in [0.29, 0.717) is 17.0 Å². The van der Waals surface area contributed by atoms with Crippen LogP contribution in [0.15, 0.2) is 84.0 Å². The fourth-order valence-electron chi connectivity index (χ4n) is 2.86. The molecule has 4 nitrogen and oxygen atoms in total. The molecule has 28 heavy (non-hydrogen) atoms. The molecule has 1 N–H and O–H groups in total. The highest BCUT2D eigenvalue weighted by molar-refractivity contribution is 7.71. The van der Waals surface area contributed by atoms with Gasteiger partial charge in [0.05, 0.1) is 6.21 Å². The summed E-state index contributed by atoms with van der Waals surface area (Å²) in [6.07, 6.45) is 2.24. The van der Waals surface area contributed by atoms with Gasteiger partial charge in [-0.3, -0.25) is 5.10 Å². The number of nitrogens with zero attached hydrogens (tertiary/aromatic N) is 3. The van der Waals surface area contributed by atoms with Crippen LogP contribution in [0, 0.1) is 10.6 Å². The third-order valence-electron chi connectivity index (χ3n) is 4.33. The average molecular weight is 388 g/mol. The van der Waals surface area contributed by atoms with Crippen LogP contribution in [0.5, 0.6) is 0 Å². The smallest absolute Gasteiger partial charge is 0.216 e. The van der Waals surface area contributed by atoms with Gasteiger partial charge in [0.2, 0.25) is 4.77 Å². The summed E-state index contributed by atoms with van der Waals surface area (Å²) in [5.74, 6) is 0.397. The monoisotopic (exact) mass is 388 g/mol. The molecule has 0 bridgehead atoms. The Kier molecular flexibility index (Phi) is 5.21. The van der Waals surface area contributed by atoms with Gasteiger partial charge in [0.15, 0.2) is 5.82 Å². The van der Waals surface area contributed by atoms with Gasteiger partial charge in [0, 0.05) is 6.42 Å². The molecule has 0 aliphatic carbocycles. The van der Waals surface area contributed by atoms with Crippen LogP contribution in [-0.2, 0) is 6.42 Å². The third-order valence-corrected chi connectivity index (χ3v) is 4.60. The Morgan fingerprint density at radius 3 is 2.32 bits per heavy atom. The molecule has 6 heteroatoms. The van der Waals surface area contributed by atoms with Crippen molar-refractivity contribution in [2.75, 3.05) is 0 Å². The van der Waals surface area contributed by atoms with Crippen molar-refractivity contribution in [3.63, 3.8) is 0 Å². The highest BCUT2D eigenvalue weighted by Crippen LogP contribution is 2.18. The second kappa shape index (κ2) is 8.10. The molecule has 0 aliphatic rings. The first-order valence-electron chi connectivity index (χ1n) is 8.79. The molecule has 0 saturated heterocycles. The van der Waals surface area contributed by atoms with E-state index >= 15 is 0 Å². The Balaban J connectivity index is 1.54. The van der Waals surface area contributed by atoms with Crippen molar-refractivity contribution in [2.24, 2.45) is 5.10 Å². The quantitative estimate of drug-likeness (QED) is 0.376. The van der Waals surface area contributed by atoms with Crippen LogP contribution in [0.3, 0.4) is 0 Å². The van der Waals surface area contributed by atoms with Gasteiger partial charge in [-0.2, -0.15) is 14.9 Å². The summed E-state index contributed by atoms with van der Waals surface area (Å²) in [4.78, 5) is 0. The number of hydrogen-bond donors (Lipinski definition) is 1. The normalized spacial score (nSPS) is 11.2. The number of benzene rings is 3. The number of aromatic amines is 1. The Hall–Kier alpha value is -3.38. The highest BCUT2D eigenvalue weighted by atomic mass is 32.1. The van der Waals surface area contributed by atoms with Gasteiger partial charge in [-0.05, 0) is 46.6 Å². The topological polar surface area (TPSA) is 46.0 Å². The second-order valence-electron chi connectivity index (χ2n) is 6.29. The summed E-state index contributed by atoms with van der Waals surface area (Å²) in [5, 5.41) is 11.5. The Morgan fingerprint density at radius 1 is 0.929 bits per heavy atom. The molecule has 0 unspecified atom stereocenters. The van der Waals surface area contributed by atoms with Gasteiger partial charge in [-0.25, -0.2) is 4.39 Å². The third kappa shape index (κ3) is 4.13. The Morgan fingerprint density at radius 2 is 1.61 bits per heavy atom. The zero-order chi connectivity index (χ0) is 19.3. The van der Waals surface area contributed by atoms with Gasteiger partial charge in [-0.1, -0.05) is 66.7 Å². The molecule has 1 heterocycles. The van der Waals surface area contributed by atoms with E-state index in [0.717, 1.165) is 16.7 Å². The van der Waals surface area contributed by atoms with E-state index in [-0.39, 0.29) is 5.82 Å². The zero-order valence-electron chi connectivity index (χ0n) is 14.9. The highest BCUT2D eigenvalue weighted by Gasteiger charge is 2.06. The molecule has 0 aliphatic heterocycles. The lowest BCUT2D eigenvalue weighted by atomic mass is 10.0. The van der Waals surface area contributed by atoms with Gasteiger partial charge in [-0.15, -0.1) is 0 Å². The number of H-pyrrole nitrogens is 1. The SMILES string of the molecule is Fc1ccc(Cc2n[nH]c(=S)n2/N=C\c2ccc(-c3ccccc3)cc2)cc1. The molecule has 0 radical (unpaired) electrons. The molecule has 0 spiro atoms. The molecular formula is C22H17FN4S. The lowest BCUT2D eigenvalue weighted by molar-refractivity contribution is 0.627. The summed E-state index contributed by atoms with van der Waals surface area (Å²) in [7, 11) is 0. The lowest BCUT2D eigenvalue weighted by Gasteiger charge is -2.03. The van der Waals surface area contributed by atoms with Crippen molar-refractivity contribution in [3.05, 3.63) is 106 Å². The maximum absolute atomic E-state index is 13.1. The number of hydrogen-bond acceptors (Lipinski definition) is 3. The number of halogens is 1. The molecule has 1 aromatic heterocycles. The minimum absolute atomic E-state index is 0.264. The first-order chi connectivity index (χ1) is 13.7. The maximum Gasteiger partial charge on any atom is 0.216 e. The van der Waals surface area contributed by atoms with Crippen LogP contribution in [0.2, 0.25) is 0 Å². The predicted octanol–water partition coefficient (Wildman–Crippen LogP) is 5.22. The van der Waals surface area contributed by atoms with E-state index in [1.165, 1.54) is 17.7 Å². The molecule has 0 saturated carbocycles. The van der Waals surface area contributed by atoms with Crippen LogP contribution < -0.4 is 0 Å². The van der Waals surface area contributed by atoms with Crippen LogP contribution >= 0.6 is 12.2 Å². The molecule has 0 atom stereocenters. The van der Waals surface area contributed by atoms with Crippen molar-refractivity contribution in [2.45, 2.75) is 6.42 Å². The lowest BCUT2D eigenvalue weighted by Crippen LogP contribution is -2.00. The number of aromatic nitrogens is 3. The Labute approximate surface area is 167 Å². The van der Waals surface area contributed by atoms with Crippen LogP contribution in [0.1, 0.15) is 17.0 Å². The molecular weight excluding hydrogens is 371 g/mol. The maximum atomic E-state index is 13.1. The minimum atomic E-state index is -0.264. The van der Waals surface area contributed by atoms with E-state index in [2.05, 4.69) is 39.6 Å². The number of rotatable bonds is 5. The Bertz CT molecular complexity index is 1140. The summed E-state index contributed by atoms with van der Waals surface area (Å²) in [5.41, 5.74) is 4.20. The fraction of sp³-hybridized carbons (Fsp3) is 0.0455. The number of nitrogens with one attached hydrogen (secondary N) is 1. The predicted molar refractivity (Wildman–Crippen MR) is 111 cm³/mol. The van der Waals surface area contributed by atoms with E-state index in [4.69, 9.17) is 12.2 Å². The van der Waals surface area contributed by atoms with Gasteiger partial charge in [0.1, 0.15) is 5.82 Å². The molecule has 0 fully saturated rings. The van der Waals surface area contributed by atoms with Crippen LogP contribution in [0.25, 0.3) is 11.1 Å². The van der Waals surface area contributed by atoms with E-state index in [1.54, 1.807) is 23.0 Å². The van der Waals surface area contributed by atoms with Gasteiger partial charge in [0.25, 0.3) is 0 Å². The first kappa shape index (κ1) is 18.0. The summed E-state index contributed by atoms with van der Waals surface area (Å²) in [6.45, 7) is 0. The van der Waals surface area contributed by atoms with Gasteiger partial charge < -0.3 is 0 Å². The molecule has 0 amide bonds. The largest absolute Gasteiger partial charge is 0.250 e. The van der Waals surface area contributed by atoms with Crippen LogP contribution in [-0.4, -0.2) is 21.1 Å². The van der Waals surface area contributed by atoms with Crippen molar-refractivity contribution in [1.82, 2.24) is 14.9 Å². The fourth-order valence-corrected chi connectivity index (χ4v) is 3.06. The van der Waals surface area contributed by atoms with Gasteiger partial charge >= 0.3 is 0 Å². The molecule has 138 valence electrons. The average Bonchev–Trinajstić information content (AvgIpc) is 3.08. The first-order valence-corrected chi connectivity index (χ1v) is 9.20. The van der Waals surface area contributed by atoms with E-state index in [9.17, 15) is 4.39 Å². The second-order valence-corrected chi connectivity index (χ2v) is 6.68. The van der Waals surface area contributed by atoms with Crippen molar-refractivity contribution in [3.8, 4) is 11.1 Å². The molecule has 4 aromatic rings. The van der Waals surface area contributed by atoms with Crippen LogP contribution in [0.4, 0.5) is 4.39 Å². The van der Waals surface area contributed by atoms with E-state index in [1.807, 2.05) is 30.3 Å². The summed E-state index contributed by atoms with van der Waals surface area (Å²) < 4.78 is 15.1. The minimum Gasteiger partial charge on any atom is -0.250 e. The van der Waals surface area contributed by atoms with Crippen molar-refractivity contribution < 1.29 is 4.39 Å². The van der Waals surface area contributed by atoms with Crippen molar-refractivity contribution >= 4 is 18.4 Å².